The molecule has 1 aliphatic rings. The summed E-state index contributed by atoms with van der Waals surface area (Å²) in [7, 11) is 0. The van der Waals surface area contributed by atoms with Gasteiger partial charge in [0.1, 0.15) is 0 Å². The molecule has 0 saturated heterocycles. The van der Waals surface area contributed by atoms with Crippen molar-refractivity contribution in [1.29, 1.82) is 0 Å². The van der Waals surface area contributed by atoms with E-state index < -0.39 is 5.92 Å². The van der Waals surface area contributed by atoms with Gasteiger partial charge in [-0.15, -0.1) is 0 Å². The molecule has 2 aromatic carbocycles. The van der Waals surface area contributed by atoms with Crippen LogP contribution in [0.5, 0.6) is 0 Å². The summed E-state index contributed by atoms with van der Waals surface area (Å²) in [6.07, 6.45) is 0.731. The SMILES string of the molecule is O=C(Cc1cccc2ccccc12)NC1CCC(F)(F)CC1. The van der Waals surface area contributed by atoms with E-state index >= 15 is 0 Å². The maximum absolute atomic E-state index is 13.1. The molecule has 4 heteroatoms. The third-order valence-corrected chi connectivity index (χ3v) is 4.31. The highest BCUT2D eigenvalue weighted by atomic mass is 19.3. The van der Waals surface area contributed by atoms with Crippen LogP contribution in [0, 0.1) is 0 Å². The molecule has 1 fully saturated rings. The van der Waals surface area contributed by atoms with Crippen molar-refractivity contribution >= 4 is 16.7 Å². The van der Waals surface area contributed by atoms with Crippen LogP contribution in [0.2, 0.25) is 0 Å². The maximum Gasteiger partial charge on any atom is 0.248 e. The van der Waals surface area contributed by atoms with E-state index in [4.69, 9.17) is 0 Å². The average Bonchev–Trinajstić information content (AvgIpc) is 2.50. The summed E-state index contributed by atoms with van der Waals surface area (Å²) >= 11 is 0. The second kappa shape index (κ2) is 6.03. The van der Waals surface area contributed by atoms with Gasteiger partial charge >= 0.3 is 0 Å². The number of nitrogens with one attached hydrogen (secondary N) is 1. The van der Waals surface area contributed by atoms with Crippen LogP contribution in [0.3, 0.4) is 0 Å². The second-order valence-corrected chi connectivity index (χ2v) is 6.01. The van der Waals surface area contributed by atoms with E-state index in [1.54, 1.807) is 0 Å². The molecular formula is C18H19F2NO. The van der Waals surface area contributed by atoms with E-state index in [0.717, 1.165) is 16.3 Å². The molecule has 1 N–H and O–H groups in total. The van der Waals surface area contributed by atoms with E-state index in [1.807, 2.05) is 42.5 Å². The first kappa shape index (κ1) is 14.9. The van der Waals surface area contributed by atoms with Gasteiger partial charge in [-0.25, -0.2) is 8.78 Å². The average molecular weight is 303 g/mol. The predicted octanol–water partition coefficient (Wildman–Crippen LogP) is 4.08. The predicted molar refractivity (Wildman–Crippen MR) is 83.0 cm³/mol. The van der Waals surface area contributed by atoms with E-state index in [9.17, 15) is 13.6 Å². The molecule has 0 aliphatic heterocycles. The molecule has 0 unspecified atom stereocenters. The summed E-state index contributed by atoms with van der Waals surface area (Å²) in [5.41, 5.74) is 0.969. The first-order valence-electron chi connectivity index (χ1n) is 7.67. The van der Waals surface area contributed by atoms with Gasteiger partial charge < -0.3 is 5.32 Å². The molecule has 22 heavy (non-hydrogen) atoms. The minimum absolute atomic E-state index is 0.0911. The Hall–Kier alpha value is -1.97. The molecular weight excluding hydrogens is 284 g/mol. The van der Waals surface area contributed by atoms with Crippen LogP contribution in [-0.2, 0) is 11.2 Å². The van der Waals surface area contributed by atoms with Crippen molar-refractivity contribution in [3.8, 4) is 0 Å². The van der Waals surface area contributed by atoms with Gasteiger partial charge in [-0.05, 0) is 29.2 Å². The van der Waals surface area contributed by atoms with Crippen LogP contribution in [0.1, 0.15) is 31.2 Å². The van der Waals surface area contributed by atoms with Crippen molar-refractivity contribution in [1.82, 2.24) is 5.32 Å². The Morgan fingerprint density at radius 1 is 1.09 bits per heavy atom. The molecule has 0 atom stereocenters. The number of amides is 1. The number of benzene rings is 2. The molecule has 0 aromatic heterocycles. The molecule has 116 valence electrons. The summed E-state index contributed by atoms with van der Waals surface area (Å²) in [4.78, 5) is 12.2. The third-order valence-electron chi connectivity index (χ3n) is 4.31. The van der Waals surface area contributed by atoms with Gasteiger partial charge in [-0.3, -0.25) is 4.79 Å². The summed E-state index contributed by atoms with van der Waals surface area (Å²) in [5.74, 6) is -2.65. The molecule has 1 saturated carbocycles. The quantitative estimate of drug-likeness (QED) is 0.909. The second-order valence-electron chi connectivity index (χ2n) is 6.01. The zero-order chi connectivity index (χ0) is 15.6. The van der Waals surface area contributed by atoms with Gasteiger partial charge in [-0.1, -0.05) is 42.5 Å². The molecule has 1 amide bonds. The Morgan fingerprint density at radius 2 is 1.77 bits per heavy atom. The standard InChI is InChI=1S/C18H19F2NO/c19-18(20)10-8-15(9-11-18)21-17(22)12-14-6-3-5-13-4-1-2-7-16(13)14/h1-7,15H,8-12H2,(H,21,22). The topological polar surface area (TPSA) is 29.1 Å². The smallest absolute Gasteiger partial charge is 0.248 e. The van der Waals surface area contributed by atoms with Gasteiger partial charge in [0.2, 0.25) is 11.8 Å². The van der Waals surface area contributed by atoms with Crippen LogP contribution in [0.15, 0.2) is 42.5 Å². The Kier molecular flexibility index (Phi) is 4.10. The summed E-state index contributed by atoms with van der Waals surface area (Å²) in [5, 5.41) is 5.06. The molecule has 0 radical (unpaired) electrons. The molecule has 0 heterocycles. The molecule has 0 spiro atoms. The summed E-state index contributed by atoms with van der Waals surface area (Å²) in [6, 6.07) is 13.7. The van der Waals surface area contributed by atoms with Gasteiger partial charge in [0.25, 0.3) is 0 Å². The largest absolute Gasteiger partial charge is 0.353 e. The number of halogens is 2. The highest BCUT2D eigenvalue weighted by Crippen LogP contribution is 2.33. The van der Waals surface area contributed by atoms with Gasteiger partial charge in [0, 0.05) is 18.9 Å². The minimum Gasteiger partial charge on any atom is -0.353 e. The van der Waals surface area contributed by atoms with E-state index in [1.165, 1.54) is 0 Å². The van der Waals surface area contributed by atoms with Crippen LogP contribution in [0.4, 0.5) is 8.78 Å². The summed E-state index contributed by atoms with van der Waals surface area (Å²) < 4.78 is 26.2. The van der Waals surface area contributed by atoms with E-state index in [0.29, 0.717) is 12.8 Å². The van der Waals surface area contributed by atoms with Gasteiger partial charge in [0.05, 0.1) is 6.42 Å². The number of hydrogen-bond acceptors (Lipinski definition) is 1. The fourth-order valence-corrected chi connectivity index (χ4v) is 3.08. The maximum atomic E-state index is 13.1. The third kappa shape index (κ3) is 3.43. The van der Waals surface area contributed by atoms with Crippen molar-refractivity contribution in [3.05, 3.63) is 48.0 Å². The number of fused-ring (bicyclic) bond motifs is 1. The van der Waals surface area contributed by atoms with Crippen LogP contribution in [0.25, 0.3) is 10.8 Å². The van der Waals surface area contributed by atoms with Crippen molar-refractivity contribution in [2.45, 2.75) is 44.1 Å². The fraction of sp³-hybridized carbons (Fsp3) is 0.389. The summed E-state index contributed by atoms with van der Waals surface area (Å²) in [6.45, 7) is 0. The fourth-order valence-electron chi connectivity index (χ4n) is 3.08. The lowest BCUT2D eigenvalue weighted by Crippen LogP contribution is -2.40. The molecule has 1 aliphatic carbocycles. The van der Waals surface area contributed by atoms with Gasteiger partial charge in [-0.2, -0.15) is 0 Å². The van der Waals surface area contributed by atoms with Crippen LogP contribution < -0.4 is 5.32 Å². The van der Waals surface area contributed by atoms with Crippen LogP contribution in [-0.4, -0.2) is 17.9 Å². The first-order valence-corrected chi connectivity index (χ1v) is 7.67. The lowest BCUT2D eigenvalue weighted by Gasteiger charge is -2.28. The molecule has 3 rings (SSSR count). The highest BCUT2D eigenvalue weighted by Gasteiger charge is 2.35. The van der Waals surface area contributed by atoms with E-state index in [-0.39, 0.29) is 31.2 Å². The number of carbonyl (C=O) groups excluding carboxylic acids is 1. The zero-order valence-corrected chi connectivity index (χ0v) is 12.3. The number of rotatable bonds is 3. The van der Waals surface area contributed by atoms with Crippen molar-refractivity contribution in [2.24, 2.45) is 0 Å². The number of hydrogen-bond donors (Lipinski definition) is 1. The molecule has 2 nitrogen and oxygen atoms in total. The Balaban J connectivity index is 1.64. The monoisotopic (exact) mass is 303 g/mol. The van der Waals surface area contributed by atoms with Crippen molar-refractivity contribution < 1.29 is 13.6 Å². The lowest BCUT2D eigenvalue weighted by molar-refractivity contribution is -0.122. The van der Waals surface area contributed by atoms with Crippen molar-refractivity contribution in [2.75, 3.05) is 0 Å². The van der Waals surface area contributed by atoms with Gasteiger partial charge in [0.15, 0.2) is 0 Å². The normalized spacial score (nSPS) is 18.3. The number of alkyl halides is 2. The Bertz CT molecular complexity index is 668. The van der Waals surface area contributed by atoms with Crippen molar-refractivity contribution in [3.63, 3.8) is 0 Å². The molecule has 0 bridgehead atoms. The first-order chi connectivity index (χ1) is 10.5. The molecule has 2 aromatic rings. The Labute approximate surface area is 128 Å². The van der Waals surface area contributed by atoms with Crippen LogP contribution >= 0.6 is 0 Å². The number of carbonyl (C=O) groups is 1. The Morgan fingerprint density at radius 3 is 2.55 bits per heavy atom. The van der Waals surface area contributed by atoms with E-state index in [2.05, 4.69) is 5.32 Å². The zero-order valence-electron chi connectivity index (χ0n) is 12.3. The lowest BCUT2D eigenvalue weighted by atomic mass is 9.92. The minimum atomic E-state index is -2.56. The highest BCUT2D eigenvalue weighted by molar-refractivity contribution is 5.90.